The van der Waals surface area contributed by atoms with Crippen LogP contribution in [0.4, 0.5) is 17.6 Å². The lowest BCUT2D eigenvalue weighted by Crippen LogP contribution is -2.16. The molecule has 0 aliphatic heterocycles. The average molecular weight is 300 g/mol. The fraction of sp³-hybridized carbons (Fsp3) is 0.250. The van der Waals surface area contributed by atoms with Gasteiger partial charge in [0, 0.05) is 0 Å². The summed E-state index contributed by atoms with van der Waals surface area (Å²) in [5.41, 5.74) is -4.05. The van der Waals surface area contributed by atoms with Gasteiger partial charge in [0.15, 0.2) is 23.3 Å². The topological polar surface area (TPSA) is 74.7 Å². The maximum Gasteiger partial charge on any atom is 0.189 e. The lowest BCUT2D eigenvalue weighted by atomic mass is 10.1. The van der Waals surface area contributed by atoms with E-state index in [1.54, 1.807) is 0 Å². The van der Waals surface area contributed by atoms with E-state index in [4.69, 9.17) is 5.26 Å². The van der Waals surface area contributed by atoms with Gasteiger partial charge in [-0.3, -0.25) is 0 Å². The average Bonchev–Trinajstić information content (AvgIpc) is 2.87. The Morgan fingerprint density at radius 3 is 2.05 bits per heavy atom. The van der Waals surface area contributed by atoms with Crippen LogP contribution in [0.3, 0.4) is 0 Å². The molecule has 0 saturated carbocycles. The predicted octanol–water partition coefficient (Wildman–Crippen LogP) is 1.92. The molecule has 110 valence electrons. The van der Waals surface area contributed by atoms with Crippen molar-refractivity contribution in [3.05, 3.63) is 40.7 Å². The van der Waals surface area contributed by atoms with Gasteiger partial charge in [0.05, 0.1) is 6.20 Å². The Morgan fingerprint density at radius 2 is 1.67 bits per heavy atom. The van der Waals surface area contributed by atoms with Crippen molar-refractivity contribution in [3.63, 3.8) is 0 Å². The van der Waals surface area contributed by atoms with E-state index >= 15 is 0 Å². The summed E-state index contributed by atoms with van der Waals surface area (Å²) < 4.78 is 55.1. The Kier molecular flexibility index (Phi) is 3.43. The number of benzene rings is 1. The minimum absolute atomic E-state index is 0.0634. The Bertz CT molecular complexity index is 729. The molecule has 0 atom stereocenters. The number of hydrogen-bond acceptors (Lipinski definition) is 4. The lowest BCUT2D eigenvalue weighted by Gasteiger charge is -2.12. The fourth-order valence-electron chi connectivity index (χ4n) is 1.57. The van der Waals surface area contributed by atoms with Crippen molar-refractivity contribution in [1.29, 1.82) is 5.26 Å². The summed E-state index contributed by atoms with van der Waals surface area (Å²) in [5, 5.41) is 25.0. The largest absolute Gasteiger partial charge is 0.384 e. The van der Waals surface area contributed by atoms with Crippen molar-refractivity contribution in [1.82, 2.24) is 15.0 Å². The van der Waals surface area contributed by atoms with Gasteiger partial charge in [0.2, 0.25) is 0 Å². The molecule has 0 aliphatic rings. The molecule has 5 nitrogen and oxygen atoms in total. The first-order valence-electron chi connectivity index (χ1n) is 5.60. The summed E-state index contributed by atoms with van der Waals surface area (Å²) in [6.45, 7) is 2.68. The molecule has 0 amide bonds. The van der Waals surface area contributed by atoms with Crippen LogP contribution in [0, 0.1) is 34.6 Å². The summed E-state index contributed by atoms with van der Waals surface area (Å²) in [7, 11) is 0. The number of halogens is 4. The summed E-state index contributed by atoms with van der Waals surface area (Å²) in [6.07, 6.45) is 0.923. The van der Waals surface area contributed by atoms with Crippen LogP contribution in [0.15, 0.2) is 6.20 Å². The van der Waals surface area contributed by atoms with Crippen LogP contribution in [0.25, 0.3) is 5.69 Å². The number of aliphatic hydroxyl groups is 1. The number of hydrogen-bond donors (Lipinski definition) is 1. The van der Waals surface area contributed by atoms with Gasteiger partial charge in [0.1, 0.15) is 28.6 Å². The Morgan fingerprint density at radius 1 is 1.14 bits per heavy atom. The first-order valence-corrected chi connectivity index (χ1v) is 5.60. The first kappa shape index (κ1) is 14.9. The van der Waals surface area contributed by atoms with Crippen LogP contribution in [-0.2, 0) is 5.60 Å². The summed E-state index contributed by atoms with van der Waals surface area (Å²) in [5.74, 6) is -7.21. The zero-order valence-electron chi connectivity index (χ0n) is 10.8. The second-order valence-electron chi connectivity index (χ2n) is 4.70. The van der Waals surface area contributed by atoms with Gasteiger partial charge in [-0.25, -0.2) is 22.2 Å². The molecule has 0 bridgehead atoms. The normalized spacial score (nSPS) is 11.5. The van der Waals surface area contributed by atoms with Gasteiger partial charge in [-0.05, 0) is 13.8 Å². The summed E-state index contributed by atoms with van der Waals surface area (Å²) in [4.78, 5) is 0. The Labute approximate surface area is 116 Å². The zero-order chi connectivity index (χ0) is 15.9. The van der Waals surface area contributed by atoms with Crippen molar-refractivity contribution in [3.8, 4) is 11.8 Å². The second kappa shape index (κ2) is 4.82. The van der Waals surface area contributed by atoms with Gasteiger partial charge in [-0.2, -0.15) is 5.26 Å². The summed E-state index contributed by atoms with van der Waals surface area (Å²) >= 11 is 0. The minimum Gasteiger partial charge on any atom is -0.384 e. The molecular formula is C12H8F4N4O. The fourth-order valence-corrected chi connectivity index (χ4v) is 1.57. The number of nitrogens with zero attached hydrogens (tertiary/aromatic N) is 4. The quantitative estimate of drug-likeness (QED) is 0.679. The van der Waals surface area contributed by atoms with Gasteiger partial charge in [-0.15, -0.1) is 5.10 Å². The van der Waals surface area contributed by atoms with Crippen LogP contribution in [-0.4, -0.2) is 20.1 Å². The smallest absolute Gasteiger partial charge is 0.189 e. The monoisotopic (exact) mass is 300 g/mol. The Balaban J connectivity index is 2.71. The third-order valence-electron chi connectivity index (χ3n) is 2.70. The molecule has 0 spiro atoms. The van der Waals surface area contributed by atoms with Gasteiger partial charge < -0.3 is 5.11 Å². The van der Waals surface area contributed by atoms with Crippen LogP contribution in [0.1, 0.15) is 25.1 Å². The molecule has 21 heavy (non-hydrogen) atoms. The van der Waals surface area contributed by atoms with Gasteiger partial charge >= 0.3 is 0 Å². The van der Waals surface area contributed by atoms with Crippen molar-refractivity contribution in [2.75, 3.05) is 0 Å². The maximum atomic E-state index is 13.8. The van der Waals surface area contributed by atoms with E-state index in [2.05, 4.69) is 10.3 Å². The van der Waals surface area contributed by atoms with Crippen LogP contribution < -0.4 is 0 Å². The van der Waals surface area contributed by atoms with Crippen molar-refractivity contribution >= 4 is 0 Å². The standard InChI is InChI=1S/C12H8F4N4O/c1-12(2,21)6-4-20(19-18-6)11-9(15)7(13)5(3-17)8(14)10(11)16/h4,21H,1-2H3. The third-order valence-corrected chi connectivity index (χ3v) is 2.70. The second-order valence-corrected chi connectivity index (χ2v) is 4.70. The van der Waals surface area contributed by atoms with Crippen LogP contribution in [0.5, 0.6) is 0 Å². The molecule has 1 aromatic heterocycles. The zero-order valence-corrected chi connectivity index (χ0v) is 10.8. The highest BCUT2D eigenvalue weighted by atomic mass is 19.2. The maximum absolute atomic E-state index is 13.8. The molecule has 1 heterocycles. The van der Waals surface area contributed by atoms with E-state index in [1.807, 2.05) is 0 Å². The molecule has 1 aromatic carbocycles. The summed E-state index contributed by atoms with van der Waals surface area (Å²) in [6, 6.07) is 1.04. The van der Waals surface area contributed by atoms with Crippen molar-refractivity contribution in [2.45, 2.75) is 19.4 Å². The van der Waals surface area contributed by atoms with Crippen molar-refractivity contribution in [2.24, 2.45) is 0 Å². The third kappa shape index (κ3) is 2.34. The molecule has 0 fully saturated rings. The van der Waals surface area contributed by atoms with E-state index in [-0.39, 0.29) is 5.69 Å². The molecule has 0 saturated heterocycles. The Hall–Kier alpha value is -2.47. The highest BCUT2D eigenvalue weighted by Crippen LogP contribution is 2.27. The molecule has 0 unspecified atom stereocenters. The van der Waals surface area contributed by atoms with Crippen LogP contribution in [0.2, 0.25) is 0 Å². The number of aromatic nitrogens is 3. The lowest BCUT2D eigenvalue weighted by molar-refractivity contribution is 0.0737. The molecule has 9 heteroatoms. The molecular weight excluding hydrogens is 292 g/mol. The van der Waals surface area contributed by atoms with Gasteiger partial charge in [0.25, 0.3) is 0 Å². The van der Waals surface area contributed by atoms with E-state index < -0.39 is 40.1 Å². The van der Waals surface area contributed by atoms with Gasteiger partial charge in [-0.1, -0.05) is 5.21 Å². The molecule has 1 N–H and O–H groups in total. The van der Waals surface area contributed by atoms with Crippen molar-refractivity contribution < 1.29 is 22.7 Å². The first-order chi connectivity index (χ1) is 9.68. The number of nitriles is 1. The predicted molar refractivity (Wildman–Crippen MR) is 61.2 cm³/mol. The number of rotatable bonds is 2. The molecule has 2 rings (SSSR count). The van der Waals surface area contributed by atoms with Crippen LogP contribution >= 0.6 is 0 Å². The van der Waals surface area contributed by atoms with E-state index in [9.17, 15) is 22.7 Å². The molecule has 0 radical (unpaired) electrons. The van der Waals surface area contributed by atoms with E-state index in [0.29, 0.717) is 4.68 Å². The highest BCUT2D eigenvalue weighted by molar-refractivity contribution is 5.44. The minimum atomic E-state index is -1.83. The highest BCUT2D eigenvalue weighted by Gasteiger charge is 2.28. The SMILES string of the molecule is CC(C)(O)c1cn(-c2c(F)c(F)c(C#N)c(F)c2F)nn1. The van der Waals surface area contributed by atoms with E-state index in [0.717, 1.165) is 12.3 Å². The molecule has 0 aliphatic carbocycles. The molecule has 2 aromatic rings. The van der Waals surface area contributed by atoms with E-state index in [1.165, 1.54) is 13.8 Å².